The maximum absolute atomic E-state index is 14.9. The molecule has 3 unspecified atom stereocenters. The van der Waals surface area contributed by atoms with Crippen molar-refractivity contribution in [1.82, 2.24) is 10.6 Å². The van der Waals surface area contributed by atoms with Crippen molar-refractivity contribution in [1.29, 1.82) is 5.26 Å². The quantitative estimate of drug-likeness (QED) is 0.635. The largest absolute Gasteiger partial charge is 0.339 e. The molecule has 2 bridgehead atoms. The van der Waals surface area contributed by atoms with Crippen LogP contribution < -0.4 is 16.0 Å². The summed E-state index contributed by atoms with van der Waals surface area (Å²) in [6.07, 6.45) is 1.15. The molecule has 2 aromatic rings. The molecule has 0 aromatic heterocycles. The number of piperidine rings is 1. The fraction of sp³-hybridized carbons (Fsp3) is 0.423. The molecule has 2 saturated carbocycles. The minimum Gasteiger partial charge on any atom is -0.339 e. The van der Waals surface area contributed by atoms with Gasteiger partial charge in [-0.25, -0.2) is 4.39 Å². The molecule has 3 N–H and O–H groups in total. The number of rotatable bonds is 6. The molecule has 3 aliphatic rings. The number of carbonyl (C=O) groups is 2. The van der Waals surface area contributed by atoms with Crippen LogP contribution in [0.25, 0.3) is 11.1 Å². The number of amides is 2. The fourth-order valence-electron chi connectivity index (χ4n) is 6.06. The molecule has 6 nitrogen and oxygen atoms in total. The van der Waals surface area contributed by atoms with Gasteiger partial charge in [0.2, 0.25) is 11.8 Å². The second kappa shape index (κ2) is 8.27. The maximum Gasteiger partial charge on any atom is 0.238 e. The first-order valence-electron chi connectivity index (χ1n) is 11.5. The summed E-state index contributed by atoms with van der Waals surface area (Å²) >= 11 is 0. The first-order chi connectivity index (χ1) is 15.9. The topological polar surface area (TPSA) is 94.0 Å². The molecular formula is C26H27FN4O2. The third kappa shape index (κ3) is 4.00. The molecular weight excluding hydrogens is 419 g/mol. The van der Waals surface area contributed by atoms with Crippen molar-refractivity contribution in [2.24, 2.45) is 23.7 Å². The van der Waals surface area contributed by atoms with Gasteiger partial charge in [-0.1, -0.05) is 31.2 Å². The molecule has 170 valence electrons. The summed E-state index contributed by atoms with van der Waals surface area (Å²) in [5.41, 5.74) is 2.57. The normalized spacial score (nSPS) is 29.6. The van der Waals surface area contributed by atoms with E-state index < -0.39 is 11.9 Å². The molecule has 5 rings (SSSR count). The molecule has 3 fully saturated rings. The molecule has 2 aromatic carbocycles. The molecule has 2 amide bonds. The molecule has 1 saturated heterocycles. The summed E-state index contributed by atoms with van der Waals surface area (Å²) < 4.78 is 14.9. The Labute approximate surface area is 192 Å². The van der Waals surface area contributed by atoms with Crippen molar-refractivity contribution < 1.29 is 14.0 Å². The zero-order valence-electron chi connectivity index (χ0n) is 18.6. The van der Waals surface area contributed by atoms with Crippen LogP contribution >= 0.6 is 0 Å². The van der Waals surface area contributed by atoms with E-state index in [1.54, 1.807) is 24.3 Å². The highest BCUT2D eigenvalue weighted by Crippen LogP contribution is 2.64. The Morgan fingerprint density at radius 2 is 1.91 bits per heavy atom. The second-order valence-electron chi connectivity index (χ2n) is 9.62. The van der Waals surface area contributed by atoms with Crippen LogP contribution in [0.1, 0.15) is 25.8 Å². The Hall–Kier alpha value is -3.24. The first kappa shape index (κ1) is 21.6. The van der Waals surface area contributed by atoms with Gasteiger partial charge in [-0.15, -0.1) is 0 Å². The van der Waals surface area contributed by atoms with Gasteiger partial charge in [-0.05, 0) is 65.0 Å². The Bertz CT molecular complexity index is 1140. The van der Waals surface area contributed by atoms with E-state index in [1.165, 1.54) is 13.0 Å². The van der Waals surface area contributed by atoms with E-state index in [0.717, 1.165) is 12.0 Å². The summed E-state index contributed by atoms with van der Waals surface area (Å²) in [5.74, 6) is 1.65. The molecule has 2 aliphatic carbocycles. The van der Waals surface area contributed by atoms with Gasteiger partial charge in [-0.3, -0.25) is 9.59 Å². The van der Waals surface area contributed by atoms with Gasteiger partial charge < -0.3 is 16.0 Å². The van der Waals surface area contributed by atoms with Crippen LogP contribution in [0.15, 0.2) is 42.5 Å². The summed E-state index contributed by atoms with van der Waals surface area (Å²) in [6, 6.07) is 13.5. The zero-order chi connectivity index (χ0) is 23.3. The highest BCUT2D eigenvalue weighted by atomic mass is 19.1. The van der Waals surface area contributed by atoms with E-state index in [9.17, 15) is 19.2 Å². The SMILES string of the molecule is CC(=O)Nc1ccc(-c2ccc(C[C@@H](C#N)NC(=O)[C@H]3N[C@H]4C[C@@H]3C3C(C)C34)c(F)c2)cc1. The average molecular weight is 447 g/mol. The zero-order valence-corrected chi connectivity index (χ0v) is 18.6. The van der Waals surface area contributed by atoms with Crippen LogP contribution in [-0.2, 0) is 16.0 Å². The Kier molecular flexibility index (Phi) is 5.41. The van der Waals surface area contributed by atoms with E-state index in [0.29, 0.717) is 46.5 Å². The summed E-state index contributed by atoms with van der Waals surface area (Å²) in [4.78, 5) is 24.0. The molecule has 7 atom stereocenters. The van der Waals surface area contributed by atoms with Gasteiger partial charge in [0.1, 0.15) is 11.9 Å². The smallest absolute Gasteiger partial charge is 0.238 e. The number of hydrogen-bond acceptors (Lipinski definition) is 4. The van der Waals surface area contributed by atoms with Crippen molar-refractivity contribution >= 4 is 17.5 Å². The second-order valence-corrected chi connectivity index (χ2v) is 9.62. The Balaban J connectivity index is 1.22. The molecule has 1 heterocycles. The number of nitrogens with one attached hydrogen (secondary N) is 3. The number of halogens is 1. The van der Waals surface area contributed by atoms with Gasteiger partial charge in [-0.2, -0.15) is 5.26 Å². The lowest BCUT2D eigenvalue weighted by Gasteiger charge is -2.23. The van der Waals surface area contributed by atoms with Crippen LogP contribution in [0.4, 0.5) is 10.1 Å². The predicted octanol–water partition coefficient (Wildman–Crippen LogP) is 3.24. The number of benzene rings is 2. The average Bonchev–Trinajstić information content (AvgIpc) is 3.14. The van der Waals surface area contributed by atoms with E-state index in [1.807, 2.05) is 12.1 Å². The summed E-state index contributed by atoms with van der Waals surface area (Å²) in [5, 5.41) is 18.6. The third-order valence-corrected chi connectivity index (χ3v) is 7.60. The standard InChI is InChI=1S/C26H27FN4O2/c1-13-23-20-11-22(24(13)23)31-25(20)26(33)30-19(12-28)9-17-4-3-16(10-21(17)27)15-5-7-18(8-6-15)29-14(2)32/h3-8,10,13,19-20,22-25,31H,9,11H2,1-2H3,(H,29,32)(H,30,33)/t13?,19-,20+,22-,23?,24?,25-/m0/s1. The molecule has 0 spiro atoms. The molecule has 7 heteroatoms. The van der Waals surface area contributed by atoms with Crippen LogP contribution in [0.5, 0.6) is 0 Å². The summed E-state index contributed by atoms with van der Waals surface area (Å²) in [6.45, 7) is 3.69. The van der Waals surface area contributed by atoms with E-state index in [4.69, 9.17) is 0 Å². The Morgan fingerprint density at radius 1 is 1.18 bits per heavy atom. The lowest BCUT2D eigenvalue weighted by atomic mass is 9.94. The van der Waals surface area contributed by atoms with Gasteiger partial charge in [0, 0.05) is 25.1 Å². The number of nitriles is 1. The number of fused-ring (bicyclic) bond motifs is 5. The van der Waals surface area contributed by atoms with Gasteiger partial charge in [0.15, 0.2) is 0 Å². The van der Waals surface area contributed by atoms with Crippen molar-refractivity contribution in [3.63, 3.8) is 0 Å². The Morgan fingerprint density at radius 3 is 2.55 bits per heavy atom. The van der Waals surface area contributed by atoms with E-state index in [2.05, 4.69) is 28.9 Å². The summed E-state index contributed by atoms with van der Waals surface area (Å²) in [7, 11) is 0. The fourth-order valence-corrected chi connectivity index (χ4v) is 6.06. The lowest BCUT2D eigenvalue weighted by Crippen LogP contribution is -2.51. The molecule has 1 aliphatic heterocycles. The van der Waals surface area contributed by atoms with E-state index >= 15 is 0 Å². The number of anilines is 1. The predicted molar refractivity (Wildman–Crippen MR) is 122 cm³/mol. The number of carbonyl (C=O) groups excluding carboxylic acids is 2. The lowest BCUT2D eigenvalue weighted by molar-refractivity contribution is -0.124. The van der Waals surface area contributed by atoms with Crippen LogP contribution in [0.2, 0.25) is 0 Å². The van der Waals surface area contributed by atoms with Gasteiger partial charge in [0.25, 0.3) is 0 Å². The molecule has 0 radical (unpaired) electrons. The number of hydrogen-bond donors (Lipinski definition) is 3. The molecule has 33 heavy (non-hydrogen) atoms. The minimum absolute atomic E-state index is 0.110. The van der Waals surface area contributed by atoms with Crippen molar-refractivity contribution in [3.8, 4) is 17.2 Å². The van der Waals surface area contributed by atoms with Crippen molar-refractivity contribution in [2.45, 2.75) is 44.8 Å². The van der Waals surface area contributed by atoms with Crippen molar-refractivity contribution in [3.05, 3.63) is 53.8 Å². The minimum atomic E-state index is -0.789. The maximum atomic E-state index is 14.9. The van der Waals surface area contributed by atoms with Crippen LogP contribution in [0, 0.1) is 40.8 Å². The van der Waals surface area contributed by atoms with Crippen LogP contribution in [-0.4, -0.2) is 29.9 Å². The number of nitrogens with zero attached hydrogens (tertiary/aromatic N) is 1. The van der Waals surface area contributed by atoms with Gasteiger partial charge >= 0.3 is 0 Å². The van der Waals surface area contributed by atoms with Gasteiger partial charge in [0.05, 0.1) is 12.1 Å². The third-order valence-electron chi connectivity index (χ3n) is 7.60. The monoisotopic (exact) mass is 446 g/mol. The first-order valence-corrected chi connectivity index (χ1v) is 11.5. The van der Waals surface area contributed by atoms with Crippen LogP contribution in [0.3, 0.4) is 0 Å². The van der Waals surface area contributed by atoms with E-state index in [-0.39, 0.29) is 24.3 Å². The highest BCUT2D eigenvalue weighted by molar-refractivity contribution is 5.89. The highest BCUT2D eigenvalue weighted by Gasteiger charge is 2.67. The van der Waals surface area contributed by atoms with Crippen molar-refractivity contribution in [2.75, 3.05) is 5.32 Å².